The van der Waals surface area contributed by atoms with E-state index in [-0.39, 0.29) is 0 Å². The van der Waals surface area contributed by atoms with Crippen molar-refractivity contribution in [2.45, 2.75) is 24.4 Å². The Morgan fingerprint density at radius 1 is 1.25 bits per heavy atom. The predicted molar refractivity (Wildman–Crippen MR) is 33.8 cm³/mol. The Morgan fingerprint density at radius 2 is 1.75 bits per heavy atom. The number of ketones is 2. The van der Waals surface area contributed by atoms with E-state index in [4.69, 9.17) is 20.4 Å². The van der Waals surface area contributed by atoms with Crippen molar-refractivity contribution < 1.29 is 30.0 Å². The lowest BCUT2D eigenvalue weighted by molar-refractivity contribution is -0.209. The molecular weight excluding hydrogens is 168 g/mol. The molecule has 1 rings (SSSR count). The Labute approximate surface area is 67.1 Å². The summed E-state index contributed by atoms with van der Waals surface area (Å²) in [5, 5.41) is 35.3. The van der Waals surface area contributed by atoms with Gasteiger partial charge in [0.05, 0.1) is 6.10 Å². The predicted octanol–water partition coefficient (Wildman–Crippen LogP) is -3.07. The maximum atomic E-state index is 10.7. The van der Waals surface area contributed by atoms with E-state index in [1.54, 1.807) is 0 Å². The van der Waals surface area contributed by atoms with Crippen molar-refractivity contribution in [3.8, 4) is 0 Å². The zero-order valence-corrected chi connectivity index (χ0v) is 5.97. The smallest absolute Gasteiger partial charge is 0.260 e. The molecule has 0 saturated heterocycles. The van der Waals surface area contributed by atoms with Gasteiger partial charge in [0.15, 0.2) is 0 Å². The second kappa shape index (κ2) is 2.60. The summed E-state index contributed by atoms with van der Waals surface area (Å²) >= 11 is 0. The van der Waals surface area contributed by atoms with Crippen LogP contribution in [0.15, 0.2) is 0 Å². The fraction of sp³-hybridized carbons (Fsp3) is 0.667. The van der Waals surface area contributed by atoms with Crippen LogP contribution in [-0.2, 0) is 9.59 Å². The van der Waals surface area contributed by atoms with Crippen molar-refractivity contribution in [1.82, 2.24) is 0 Å². The summed E-state index contributed by atoms with van der Waals surface area (Å²) in [5.41, 5.74) is 0. The highest BCUT2D eigenvalue weighted by molar-refractivity contribution is 6.42. The Morgan fingerprint density at radius 3 is 2.25 bits per heavy atom. The second-order valence-corrected chi connectivity index (χ2v) is 2.73. The first-order chi connectivity index (χ1) is 5.36. The fourth-order valence-electron chi connectivity index (χ4n) is 1.00. The van der Waals surface area contributed by atoms with Crippen LogP contribution in [0.1, 0.15) is 6.42 Å². The maximum Gasteiger partial charge on any atom is 0.260 e. The van der Waals surface area contributed by atoms with E-state index < -0.39 is 36.0 Å². The minimum Gasteiger partial charge on any atom is -0.390 e. The lowest BCUT2D eigenvalue weighted by Gasteiger charge is -2.30. The fourth-order valence-corrected chi connectivity index (χ4v) is 1.00. The topological polar surface area (TPSA) is 115 Å². The molecule has 1 saturated carbocycles. The van der Waals surface area contributed by atoms with E-state index in [9.17, 15) is 9.59 Å². The number of carbonyl (C=O) groups is 2. The second-order valence-electron chi connectivity index (χ2n) is 2.73. The first kappa shape index (κ1) is 9.27. The van der Waals surface area contributed by atoms with Crippen LogP contribution < -0.4 is 0 Å². The number of aliphatic hydroxyl groups is 4. The van der Waals surface area contributed by atoms with Crippen LogP contribution in [0.2, 0.25) is 0 Å². The molecule has 2 unspecified atom stereocenters. The molecule has 0 aromatic heterocycles. The van der Waals surface area contributed by atoms with Gasteiger partial charge >= 0.3 is 0 Å². The minimum absolute atomic E-state index is 0.751. The largest absolute Gasteiger partial charge is 0.390 e. The summed E-state index contributed by atoms with van der Waals surface area (Å²) < 4.78 is 0. The maximum absolute atomic E-state index is 10.7. The molecule has 12 heavy (non-hydrogen) atoms. The molecule has 0 spiro atoms. The highest BCUT2D eigenvalue weighted by Gasteiger charge is 2.50. The summed E-state index contributed by atoms with van der Waals surface area (Å²) in [7, 11) is 0. The van der Waals surface area contributed by atoms with Gasteiger partial charge in [-0.2, -0.15) is 0 Å². The van der Waals surface area contributed by atoms with Gasteiger partial charge in [0.1, 0.15) is 6.10 Å². The Bertz CT molecular complexity index is 232. The summed E-state index contributed by atoms with van der Waals surface area (Å²) in [4.78, 5) is 21.4. The van der Waals surface area contributed by atoms with Crippen molar-refractivity contribution in [3.05, 3.63) is 0 Å². The van der Waals surface area contributed by atoms with Crippen LogP contribution in [0, 0.1) is 0 Å². The van der Waals surface area contributed by atoms with Gasteiger partial charge < -0.3 is 20.4 Å². The number of Topliss-reactive ketones (excluding diaryl/α,β-unsaturated/α-hetero) is 2. The summed E-state index contributed by atoms with van der Waals surface area (Å²) in [6, 6.07) is 0. The molecule has 1 aliphatic rings. The molecule has 1 aliphatic carbocycles. The van der Waals surface area contributed by atoms with E-state index in [0.717, 1.165) is 0 Å². The van der Waals surface area contributed by atoms with Crippen LogP contribution in [0.25, 0.3) is 0 Å². The highest BCUT2D eigenvalue weighted by Crippen LogP contribution is 2.20. The first-order valence-corrected chi connectivity index (χ1v) is 3.26. The van der Waals surface area contributed by atoms with Crippen molar-refractivity contribution in [2.24, 2.45) is 0 Å². The van der Waals surface area contributed by atoms with Crippen molar-refractivity contribution in [3.63, 3.8) is 0 Å². The van der Waals surface area contributed by atoms with Gasteiger partial charge in [0, 0.05) is 6.42 Å². The zero-order valence-electron chi connectivity index (χ0n) is 5.97. The van der Waals surface area contributed by atoms with Gasteiger partial charge in [-0.05, 0) is 0 Å². The molecule has 0 amide bonds. The summed E-state index contributed by atoms with van der Waals surface area (Å²) in [6.45, 7) is 0. The van der Waals surface area contributed by atoms with Gasteiger partial charge in [-0.15, -0.1) is 0 Å². The summed E-state index contributed by atoms with van der Waals surface area (Å²) in [5.74, 6) is -5.70. The Kier molecular flexibility index (Phi) is 2.01. The van der Waals surface area contributed by atoms with Gasteiger partial charge in [-0.1, -0.05) is 0 Å². The van der Waals surface area contributed by atoms with Crippen molar-refractivity contribution in [1.29, 1.82) is 0 Å². The van der Waals surface area contributed by atoms with Crippen LogP contribution in [0.3, 0.4) is 0 Å². The molecule has 0 aromatic carbocycles. The molecule has 4 N–H and O–H groups in total. The van der Waals surface area contributed by atoms with E-state index in [1.165, 1.54) is 0 Å². The van der Waals surface area contributed by atoms with E-state index >= 15 is 0 Å². The third kappa shape index (κ3) is 1.25. The molecule has 2 atom stereocenters. The SMILES string of the molecule is O=C1C(=O)C(O)(O)CC(O)C1O. The highest BCUT2D eigenvalue weighted by atomic mass is 16.5. The van der Waals surface area contributed by atoms with Crippen LogP contribution >= 0.6 is 0 Å². The first-order valence-electron chi connectivity index (χ1n) is 3.26. The average Bonchev–Trinajstić information content (AvgIpc) is 1.97. The molecule has 1 fully saturated rings. The van der Waals surface area contributed by atoms with Crippen molar-refractivity contribution >= 4 is 11.6 Å². The molecule has 6 nitrogen and oxygen atoms in total. The van der Waals surface area contributed by atoms with Crippen LogP contribution in [0.5, 0.6) is 0 Å². The summed E-state index contributed by atoms with van der Waals surface area (Å²) in [6.07, 6.45) is -4.20. The average molecular weight is 176 g/mol. The van der Waals surface area contributed by atoms with Gasteiger partial charge in [0.2, 0.25) is 11.6 Å². The molecule has 0 aromatic rings. The number of hydrogen-bond donors (Lipinski definition) is 4. The van der Waals surface area contributed by atoms with E-state index in [2.05, 4.69) is 0 Å². The Balaban J connectivity index is 2.93. The number of aliphatic hydroxyl groups excluding tert-OH is 2. The molecule has 0 heterocycles. The van der Waals surface area contributed by atoms with Gasteiger partial charge in [-0.25, -0.2) is 0 Å². The molecule has 0 aliphatic heterocycles. The van der Waals surface area contributed by atoms with E-state index in [1.807, 2.05) is 0 Å². The normalized spacial score (nSPS) is 35.3. The molecular formula is C6H8O6. The number of rotatable bonds is 0. The third-order valence-corrected chi connectivity index (χ3v) is 1.71. The van der Waals surface area contributed by atoms with E-state index in [0.29, 0.717) is 0 Å². The molecule has 68 valence electrons. The molecule has 0 bridgehead atoms. The number of hydrogen-bond acceptors (Lipinski definition) is 6. The zero-order chi connectivity index (χ0) is 9.52. The lowest BCUT2D eigenvalue weighted by atomic mass is 9.87. The van der Waals surface area contributed by atoms with Crippen LogP contribution in [-0.4, -0.2) is 50.0 Å². The quantitative estimate of drug-likeness (QED) is 0.230. The van der Waals surface area contributed by atoms with Crippen molar-refractivity contribution in [2.75, 3.05) is 0 Å². The lowest BCUT2D eigenvalue weighted by Crippen LogP contribution is -2.57. The van der Waals surface area contributed by atoms with Crippen LogP contribution in [0.4, 0.5) is 0 Å². The Hall–Kier alpha value is -0.820. The standard InChI is InChI=1S/C6H8O6/c7-2-1-6(11,12)5(10)4(9)3(2)8/h2-3,7-8,11-12H,1H2. The van der Waals surface area contributed by atoms with Gasteiger partial charge in [0.25, 0.3) is 5.78 Å². The monoisotopic (exact) mass is 176 g/mol. The molecule has 6 heteroatoms. The van der Waals surface area contributed by atoms with Gasteiger partial charge in [-0.3, -0.25) is 9.59 Å². The molecule has 0 radical (unpaired) electrons. The third-order valence-electron chi connectivity index (χ3n) is 1.71. The number of carbonyl (C=O) groups excluding carboxylic acids is 2. The minimum atomic E-state index is -2.84.